The fourth-order valence-electron chi connectivity index (χ4n) is 1.65. The third kappa shape index (κ3) is 1.80. The molecule has 84 valence electrons. The van der Waals surface area contributed by atoms with E-state index in [1.54, 1.807) is 11.0 Å². The predicted molar refractivity (Wildman–Crippen MR) is 60.0 cm³/mol. The summed E-state index contributed by atoms with van der Waals surface area (Å²) in [6.45, 7) is 8.01. The third-order valence-corrected chi connectivity index (χ3v) is 2.81. The van der Waals surface area contributed by atoms with Gasteiger partial charge in [-0.15, -0.1) is 11.7 Å². The van der Waals surface area contributed by atoms with E-state index in [1.807, 2.05) is 13.8 Å². The Hall–Kier alpha value is -1.78. The summed E-state index contributed by atoms with van der Waals surface area (Å²) in [6.07, 6.45) is 2.28. The maximum atomic E-state index is 11.7. The fraction of sp³-hybridized carbons (Fsp3) is 0.455. The van der Waals surface area contributed by atoms with Crippen LogP contribution < -0.4 is 4.90 Å². The Morgan fingerprint density at radius 3 is 2.69 bits per heavy atom. The summed E-state index contributed by atoms with van der Waals surface area (Å²) >= 11 is 0. The van der Waals surface area contributed by atoms with E-state index in [2.05, 4.69) is 21.8 Å². The number of amides is 1. The van der Waals surface area contributed by atoms with E-state index in [9.17, 15) is 4.79 Å². The molecule has 2 rings (SSSR count). The lowest BCUT2D eigenvalue weighted by Crippen LogP contribution is -2.27. The molecule has 1 aliphatic heterocycles. The summed E-state index contributed by atoms with van der Waals surface area (Å²) in [7, 11) is 0. The number of hydrogen-bond acceptors (Lipinski definition) is 4. The Bertz CT molecular complexity index is 444. The number of carbonyl (C=O) groups excluding carboxylic acids is 1. The van der Waals surface area contributed by atoms with E-state index in [4.69, 9.17) is 0 Å². The molecule has 0 saturated carbocycles. The molecule has 0 radical (unpaired) electrons. The summed E-state index contributed by atoms with van der Waals surface area (Å²) in [6, 6.07) is 0. The molecule has 0 aliphatic carbocycles. The molecule has 2 heterocycles. The van der Waals surface area contributed by atoms with Crippen molar-refractivity contribution in [1.82, 2.24) is 15.2 Å². The quantitative estimate of drug-likeness (QED) is 0.695. The zero-order valence-corrected chi connectivity index (χ0v) is 9.47. The van der Waals surface area contributed by atoms with Crippen LogP contribution in [0.1, 0.15) is 17.8 Å². The van der Waals surface area contributed by atoms with Gasteiger partial charge in [0.2, 0.25) is 5.91 Å². The highest BCUT2D eigenvalue weighted by Gasteiger charge is 2.30. The molecule has 1 aliphatic rings. The molecule has 0 aromatic carbocycles. The zero-order chi connectivity index (χ0) is 11.7. The van der Waals surface area contributed by atoms with Crippen LogP contribution in [0.4, 0.5) is 5.95 Å². The molecular formula is C11H14N4O. The number of anilines is 1. The van der Waals surface area contributed by atoms with Gasteiger partial charge < -0.3 is 0 Å². The van der Waals surface area contributed by atoms with Crippen molar-refractivity contribution in [3.8, 4) is 0 Å². The van der Waals surface area contributed by atoms with Crippen LogP contribution in [-0.4, -0.2) is 27.6 Å². The van der Waals surface area contributed by atoms with Gasteiger partial charge in [0.25, 0.3) is 5.95 Å². The normalized spacial score (nSPS) is 20.2. The molecule has 1 aromatic heterocycles. The van der Waals surface area contributed by atoms with Gasteiger partial charge in [-0.25, -0.2) is 4.98 Å². The standard InChI is InChI=1S/C11H14N4O/c1-4-9-5-10(16)15(6-9)11-12-7(2)8(3)13-14-11/h4,9H,1,5-6H2,2-3H3. The van der Waals surface area contributed by atoms with Crippen LogP contribution >= 0.6 is 0 Å². The summed E-state index contributed by atoms with van der Waals surface area (Å²) in [5.74, 6) is 0.630. The lowest BCUT2D eigenvalue weighted by molar-refractivity contribution is -0.117. The second kappa shape index (κ2) is 4.00. The van der Waals surface area contributed by atoms with Crippen LogP contribution in [0, 0.1) is 19.8 Å². The Morgan fingerprint density at radius 1 is 1.38 bits per heavy atom. The van der Waals surface area contributed by atoms with Crippen molar-refractivity contribution in [3.63, 3.8) is 0 Å². The largest absolute Gasteiger partial charge is 0.279 e. The van der Waals surface area contributed by atoms with Crippen LogP contribution in [0.2, 0.25) is 0 Å². The summed E-state index contributed by atoms with van der Waals surface area (Å²) in [5, 5.41) is 7.93. The lowest BCUT2D eigenvalue weighted by Gasteiger charge is -2.13. The van der Waals surface area contributed by atoms with Gasteiger partial charge in [0.15, 0.2) is 0 Å². The molecule has 5 nitrogen and oxygen atoms in total. The first kappa shape index (κ1) is 10.7. The summed E-state index contributed by atoms with van der Waals surface area (Å²) in [5.41, 5.74) is 1.59. The number of aromatic nitrogens is 3. The van der Waals surface area contributed by atoms with Crippen LogP contribution in [-0.2, 0) is 4.79 Å². The highest BCUT2D eigenvalue weighted by molar-refractivity contribution is 5.94. The second-order valence-electron chi connectivity index (χ2n) is 3.99. The molecule has 1 unspecified atom stereocenters. The van der Waals surface area contributed by atoms with Crippen molar-refractivity contribution in [2.24, 2.45) is 5.92 Å². The van der Waals surface area contributed by atoms with Gasteiger partial charge in [0, 0.05) is 18.9 Å². The molecule has 0 N–H and O–H groups in total. The molecule has 1 amide bonds. The first-order valence-corrected chi connectivity index (χ1v) is 5.22. The monoisotopic (exact) mass is 218 g/mol. The molecule has 16 heavy (non-hydrogen) atoms. The van der Waals surface area contributed by atoms with E-state index in [0.29, 0.717) is 18.9 Å². The molecule has 5 heteroatoms. The molecule has 1 atom stereocenters. The molecule has 1 aromatic rings. The number of aryl methyl sites for hydroxylation is 2. The van der Waals surface area contributed by atoms with E-state index >= 15 is 0 Å². The highest BCUT2D eigenvalue weighted by atomic mass is 16.2. The topological polar surface area (TPSA) is 59.0 Å². The Balaban J connectivity index is 2.27. The minimum Gasteiger partial charge on any atom is -0.279 e. The average molecular weight is 218 g/mol. The van der Waals surface area contributed by atoms with Gasteiger partial charge >= 0.3 is 0 Å². The van der Waals surface area contributed by atoms with E-state index in [0.717, 1.165) is 11.4 Å². The van der Waals surface area contributed by atoms with Gasteiger partial charge in [-0.3, -0.25) is 9.69 Å². The number of hydrogen-bond donors (Lipinski definition) is 0. The molecule has 1 saturated heterocycles. The summed E-state index contributed by atoms with van der Waals surface area (Å²) < 4.78 is 0. The number of carbonyl (C=O) groups is 1. The van der Waals surface area contributed by atoms with Gasteiger partial charge in [0.05, 0.1) is 11.4 Å². The van der Waals surface area contributed by atoms with Crippen molar-refractivity contribution in [1.29, 1.82) is 0 Å². The zero-order valence-electron chi connectivity index (χ0n) is 9.47. The Morgan fingerprint density at radius 2 is 2.12 bits per heavy atom. The van der Waals surface area contributed by atoms with E-state index < -0.39 is 0 Å². The maximum absolute atomic E-state index is 11.7. The van der Waals surface area contributed by atoms with Gasteiger partial charge in [-0.05, 0) is 13.8 Å². The van der Waals surface area contributed by atoms with Crippen molar-refractivity contribution in [2.45, 2.75) is 20.3 Å². The first-order chi connectivity index (χ1) is 7.61. The molecule has 0 bridgehead atoms. The van der Waals surface area contributed by atoms with Gasteiger partial charge in [-0.2, -0.15) is 5.10 Å². The molecule has 0 spiro atoms. The number of rotatable bonds is 2. The first-order valence-electron chi connectivity index (χ1n) is 5.22. The SMILES string of the molecule is C=CC1CC(=O)N(c2nnc(C)c(C)n2)C1. The molecular weight excluding hydrogens is 204 g/mol. The second-order valence-corrected chi connectivity index (χ2v) is 3.99. The van der Waals surface area contributed by atoms with Crippen LogP contribution in [0.3, 0.4) is 0 Å². The highest BCUT2D eigenvalue weighted by Crippen LogP contribution is 2.22. The fourth-order valence-corrected chi connectivity index (χ4v) is 1.65. The summed E-state index contributed by atoms with van der Waals surface area (Å²) in [4.78, 5) is 17.6. The number of nitrogens with zero attached hydrogens (tertiary/aromatic N) is 4. The van der Waals surface area contributed by atoms with Gasteiger partial charge in [0.1, 0.15) is 0 Å². The van der Waals surface area contributed by atoms with Crippen molar-refractivity contribution >= 4 is 11.9 Å². The smallest absolute Gasteiger partial charge is 0.252 e. The average Bonchev–Trinajstić information content (AvgIpc) is 2.64. The van der Waals surface area contributed by atoms with Crippen LogP contribution in [0.25, 0.3) is 0 Å². The van der Waals surface area contributed by atoms with Crippen molar-refractivity contribution < 1.29 is 4.79 Å². The minimum absolute atomic E-state index is 0.0370. The van der Waals surface area contributed by atoms with E-state index in [-0.39, 0.29) is 11.8 Å². The Kier molecular flexibility index (Phi) is 2.68. The molecule has 1 fully saturated rings. The van der Waals surface area contributed by atoms with Gasteiger partial charge in [-0.1, -0.05) is 6.08 Å². The maximum Gasteiger partial charge on any atom is 0.252 e. The lowest BCUT2D eigenvalue weighted by atomic mass is 10.1. The van der Waals surface area contributed by atoms with Crippen LogP contribution in [0.5, 0.6) is 0 Å². The van der Waals surface area contributed by atoms with Crippen molar-refractivity contribution in [2.75, 3.05) is 11.4 Å². The minimum atomic E-state index is 0.0370. The van der Waals surface area contributed by atoms with E-state index in [1.165, 1.54) is 0 Å². The predicted octanol–water partition coefficient (Wildman–Crippen LogP) is 1.03. The van der Waals surface area contributed by atoms with Crippen LogP contribution in [0.15, 0.2) is 12.7 Å². The van der Waals surface area contributed by atoms with Crippen molar-refractivity contribution in [3.05, 3.63) is 24.0 Å². The Labute approximate surface area is 94.2 Å². The third-order valence-electron chi connectivity index (χ3n) is 2.81.